The summed E-state index contributed by atoms with van der Waals surface area (Å²) in [5.41, 5.74) is 0.661. The molecule has 1 aliphatic carbocycles. The van der Waals surface area contributed by atoms with Crippen LogP contribution in [0.5, 0.6) is 0 Å². The normalized spacial score (nSPS) is 27.1. The molecule has 0 aliphatic heterocycles. The minimum absolute atomic E-state index is 0.269. The zero-order valence-corrected chi connectivity index (χ0v) is 12.1. The number of hydrogen-bond acceptors (Lipinski definition) is 1. The maximum Gasteiger partial charge on any atom is 0.0693 e. The molecule has 96 valence electrons. The van der Waals surface area contributed by atoms with E-state index in [9.17, 15) is 5.26 Å². The fourth-order valence-electron chi connectivity index (χ4n) is 2.93. The Morgan fingerprint density at radius 3 is 2.56 bits per heavy atom. The zero-order chi connectivity index (χ0) is 13.2. The first-order valence-electron chi connectivity index (χ1n) is 6.44. The Balaban J connectivity index is 2.25. The molecule has 2 unspecified atom stereocenters. The highest BCUT2D eigenvalue weighted by atomic mass is 35.5. The van der Waals surface area contributed by atoms with E-state index in [1.807, 2.05) is 18.2 Å². The zero-order valence-electron chi connectivity index (χ0n) is 10.5. The third-order valence-corrected chi connectivity index (χ3v) is 4.81. The van der Waals surface area contributed by atoms with Crippen molar-refractivity contribution in [3.05, 3.63) is 33.8 Å². The standard InChI is InChI=1S/C15H17Cl2N/c1-2-11-6-7-15(8-11,10-18)9-12-13(16)4-3-5-14(12)17/h3-5,11H,2,6-9H2,1H3. The van der Waals surface area contributed by atoms with E-state index in [4.69, 9.17) is 23.2 Å². The molecular formula is C15H17Cl2N. The Morgan fingerprint density at radius 2 is 2.06 bits per heavy atom. The lowest BCUT2D eigenvalue weighted by Crippen LogP contribution is -2.18. The molecule has 0 N–H and O–H groups in total. The van der Waals surface area contributed by atoms with Crippen LogP contribution in [-0.4, -0.2) is 0 Å². The molecule has 0 aromatic heterocycles. The topological polar surface area (TPSA) is 23.8 Å². The molecule has 18 heavy (non-hydrogen) atoms. The third kappa shape index (κ3) is 2.66. The van der Waals surface area contributed by atoms with Gasteiger partial charge in [-0.05, 0) is 49.3 Å². The smallest absolute Gasteiger partial charge is 0.0693 e. The molecule has 1 saturated carbocycles. The van der Waals surface area contributed by atoms with E-state index < -0.39 is 0 Å². The highest BCUT2D eigenvalue weighted by Crippen LogP contribution is 2.46. The maximum absolute atomic E-state index is 9.54. The van der Waals surface area contributed by atoms with Crippen molar-refractivity contribution in [2.75, 3.05) is 0 Å². The van der Waals surface area contributed by atoms with Crippen molar-refractivity contribution in [3.8, 4) is 6.07 Å². The summed E-state index contributed by atoms with van der Waals surface area (Å²) in [7, 11) is 0. The number of rotatable bonds is 3. The summed E-state index contributed by atoms with van der Waals surface area (Å²) >= 11 is 12.4. The van der Waals surface area contributed by atoms with Crippen molar-refractivity contribution < 1.29 is 0 Å². The Kier molecular flexibility index (Phi) is 4.20. The highest BCUT2D eigenvalue weighted by Gasteiger charge is 2.39. The molecule has 0 amide bonds. The van der Waals surface area contributed by atoms with Gasteiger partial charge >= 0.3 is 0 Å². The SMILES string of the molecule is CCC1CCC(C#N)(Cc2c(Cl)cccc2Cl)C1. The van der Waals surface area contributed by atoms with E-state index in [-0.39, 0.29) is 5.41 Å². The van der Waals surface area contributed by atoms with Crippen LogP contribution >= 0.6 is 23.2 Å². The second kappa shape index (κ2) is 5.51. The Labute approximate surface area is 119 Å². The highest BCUT2D eigenvalue weighted by molar-refractivity contribution is 6.36. The van der Waals surface area contributed by atoms with Crippen molar-refractivity contribution in [3.63, 3.8) is 0 Å². The molecule has 3 heteroatoms. The van der Waals surface area contributed by atoms with Crippen LogP contribution in [0.15, 0.2) is 18.2 Å². The summed E-state index contributed by atoms with van der Waals surface area (Å²) in [6.45, 7) is 2.20. The molecule has 0 radical (unpaired) electrons. The third-order valence-electron chi connectivity index (χ3n) is 4.10. The van der Waals surface area contributed by atoms with Gasteiger partial charge in [0.2, 0.25) is 0 Å². The van der Waals surface area contributed by atoms with Gasteiger partial charge in [0.1, 0.15) is 0 Å². The predicted molar refractivity (Wildman–Crippen MR) is 75.8 cm³/mol. The van der Waals surface area contributed by atoms with E-state index in [1.165, 1.54) is 0 Å². The van der Waals surface area contributed by atoms with Gasteiger partial charge < -0.3 is 0 Å². The van der Waals surface area contributed by atoms with Crippen molar-refractivity contribution in [1.82, 2.24) is 0 Å². The van der Waals surface area contributed by atoms with E-state index in [2.05, 4.69) is 13.0 Å². The quantitative estimate of drug-likeness (QED) is 0.742. The molecule has 0 spiro atoms. The number of nitrogens with zero attached hydrogens (tertiary/aromatic N) is 1. The van der Waals surface area contributed by atoms with Gasteiger partial charge in [-0.15, -0.1) is 0 Å². The fraction of sp³-hybridized carbons (Fsp3) is 0.533. The molecule has 1 aromatic carbocycles. The van der Waals surface area contributed by atoms with E-state index >= 15 is 0 Å². The summed E-state index contributed by atoms with van der Waals surface area (Å²) in [5, 5.41) is 10.9. The van der Waals surface area contributed by atoms with Gasteiger partial charge in [-0.2, -0.15) is 5.26 Å². The summed E-state index contributed by atoms with van der Waals surface area (Å²) in [4.78, 5) is 0. The monoisotopic (exact) mass is 281 g/mol. The van der Waals surface area contributed by atoms with Crippen LogP contribution in [0.25, 0.3) is 0 Å². The van der Waals surface area contributed by atoms with Gasteiger partial charge in [0, 0.05) is 10.0 Å². The Hall–Kier alpha value is -0.710. The van der Waals surface area contributed by atoms with Crippen molar-refractivity contribution in [2.45, 2.75) is 39.0 Å². The van der Waals surface area contributed by atoms with Crippen LogP contribution in [0.1, 0.15) is 38.2 Å². The van der Waals surface area contributed by atoms with Crippen LogP contribution in [0.4, 0.5) is 0 Å². The van der Waals surface area contributed by atoms with Gasteiger partial charge in [0.05, 0.1) is 11.5 Å². The molecule has 0 heterocycles. The lowest BCUT2D eigenvalue weighted by atomic mass is 9.80. The second-order valence-corrected chi connectivity index (χ2v) is 6.10. The molecule has 1 aliphatic rings. The lowest BCUT2D eigenvalue weighted by molar-refractivity contribution is 0.381. The Bertz CT molecular complexity index is 458. The van der Waals surface area contributed by atoms with Crippen LogP contribution in [0, 0.1) is 22.7 Å². The Morgan fingerprint density at radius 1 is 1.39 bits per heavy atom. The van der Waals surface area contributed by atoms with Crippen LogP contribution in [-0.2, 0) is 6.42 Å². The molecule has 2 atom stereocenters. The summed E-state index contributed by atoms with van der Waals surface area (Å²) in [6.07, 6.45) is 4.91. The molecule has 2 rings (SSSR count). The minimum atomic E-state index is -0.269. The number of halogens is 2. The van der Waals surface area contributed by atoms with Crippen LogP contribution in [0.2, 0.25) is 10.0 Å². The summed E-state index contributed by atoms with van der Waals surface area (Å²) in [5.74, 6) is 0.672. The van der Waals surface area contributed by atoms with Crippen LogP contribution in [0.3, 0.4) is 0 Å². The molecule has 0 saturated heterocycles. The fourth-order valence-corrected chi connectivity index (χ4v) is 3.46. The maximum atomic E-state index is 9.54. The molecule has 1 fully saturated rings. The largest absolute Gasteiger partial charge is 0.198 e. The van der Waals surface area contributed by atoms with Crippen molar-refractivity contribution in [1.29, 1.82) is 5.26 Å². The van der Waals surface area contributed by atoms with Crippen LogP contribution < -0.4 is 0 Å². The first-order valence-corrected chi connectivity index (χ1v) is 7.20. The summed E-state index contributed by atoms with van der Waals surface area (Å²) in [6, 6.07) is 8.07. The van der Waals surface area contributed by atoms with Crippen molar-refractivity contribution in [2.24, 2.45) is 11.3 Å². The van der Waals surface area contributed by atoms with Gasteiger partial charge in [-0.3, -0.25) is 0 Å². The molecule has 0 bridgehead atoms. The number of nitriles is 1. The first kappa shape index (κ1) is 13.7. The van der Waals surface area contributed by atoms with Crippen molar-refractivity contribution >= 4 is 23.2 Å². The van der Waals surface area contributed by atoms with Gasteiger partial charge in [-0.1, -0.05) is 42.6 Å². The second-order valence-electron chi connectivity index (χ2n) is 5.29. The van der Waals surface area contributed by atoms with E-state index in [1.54, 1.807) is 0 Å². The number of hydrogen-bond donors (Lipinski definition) is 0. The minimum Gasteiger partial charge on any atom is -0.198 e. The number of benzene rings is 1. The van der Waals surface area contributed by atoms with Gasteiger partial charge in [0.25, 0.3) is 0 Å². The predicted octanol–water partition coefficient (Wildman–Crippen LogP) is 5.26. The lowest BCUT2D eigenvalue weighted by Gasteiger charge is -2.22. The van der Waals surface area contributed by atoms with Gasteiger partial charge in [0.15, 0.2) is 0 Å². The summed E-state index contributed by atoms with van der Waals surface area (Å²) < 4.78 is 0. The molecular weight excluding hydrogens is 265 g/mol. The molecule has 1 nitrogen and oxygen atoms in total. The average Bonchev–Trinajstić information content (AvgIpc) is 2.78. The van der Waals surface area contributed by atoms with E-state index in [0.29, 0.717) is 22.4 Å². The molecule has 1 aromatic rings. The average molecular weight is 282 g/mol. The van der Waals surface area contributed by atoms with Gasteiger partial charge in [-0.25, -0.2) is 0 Å². The van der Waals surface area contributed by atoms with E-state index in [0.717, 1.165) is 31.2 Å². The first-order chi connectivity index (χ1) is 8.60.